The zero-order chi connectivity index (χ0) is 16.6. The number of thiophene rings is 1. The quantitative estimate of drug-likeness (QED) is 0.469. The van der Waals surface area contributed by atoms with Gasteiger partial charge in [0.1, 0.15) is 21.4 Å². The Balaban J connectivity index is 1.91. The van der Waals surface area contributed by atoms with E-state index in [1.54, 1.807) is 17.7 Å². The number of hydrogen-bond donors (Lipinski definition) is 0. The van der Waals surface area contributed by atoms with Gasteiger partial charge in [-0.15, -0.1) is 11.3 Å². The van der Waals surface area contributed by atoms with Crippen molar-refractivity contribution in [2.75, 3.05) is 0 Å². The summed E-state index contributed by atoms with van der Waals surface area (Å²) in [7, 11) is 0. The first-order valence-electron chi connectivity index (χ1n) is 8.08. The summed E-state index contributed by atoms with van der Waals surface area (Å²) < 4.78 is 5.30. The highest BCUT2D eigenvalue weighted by Crippen LogP contribution is 2.41. The fourth-order valence-electron chi connectivity index (χ4n) is 2.88. The minimum Gasteiger partial charge on any atom is -0.462 e. The van der Waals surface area contributed by atoms with Gasteiger partial charge in [-0.05, 0) is 51.5 Å². The van der Waals surface area contributed by atoms with E-state index in [1.807, 2.05) is 20.8 Å². The molecule has 1 aliphatic rings. The van der Waals surface area contributed by atoms with Crippen LogP contribution in [0.1, 0.15) is 44.6 Å². The SMILES string of the molecule is CC(C)OC(=O)[C@@H](C)Sc1ncnc2sc3c(c12)CC[C@@H](C)C3. The predicted octanol–water partition coefficient (Wildman–Crippen LogP) is 4.25. The number of hydrogen-bond acceptors (Lipinski definition) is 6. The molecule has 2 atom stereocenters. The average Bonchev–Trinajstić information content (AvgIpc) is 2.84. The molecule has 0 radical (unpaired) electrons. The third kappa shape index (κ3) is 3.53. The monoisotopic (exact) mass is 350 g/mol. The van der Waals surface area contributed by atoms with E-state index in [0.717, 1.165) is 34.0 Å². The molecule has 3 rings (SSSR count). The highest BCUT2D eigenvalue weighted by molar-refractivity contribution is 8.00. The number of nitrogens with zero attached hydrogens (tertiary/aromatic N) is 2. The summed E-state index contributed by atoms with van der Waals surface area (Å²) in [4.78, 5) is 23.5. The number of thioether (sulfide) groups is 1. The Morgan fingerprint density at radius 1 is 1.39 bits per heavy atom. The number of carbonyl (C=O) groups excluding carboxylic acids is 1. The smallest absolute Gasteiger partial charge is 0.319 e. The molecule has 0 aromatic carbocycles. The number of aryl methyl sites for hydroxylation is 1. The maximum Gasteiger partial charge on any atom is 0.319 e. The lowest BCUT2D eigenvalue weighted by atomic mass is 9.89. The second kappa shape index (κ2) is 6.77. The Morgan fingerprint density at radius 3 is 2.91 bits per heavy atom. The van der Waals surface area contributed by atoms with E-state index in [1.165, 1.54) is 28.6 Å². The van der Waals surface area contributed by atoms with E-state index in [2.05, 4.69) is 16.9 Å². The molecule has 4 nitrogen and oxygen atoms in total. The van der Waals surface area contributed by atoms with E-state index in [-0.39, 0.29) is 17.3 Å². The van der Waals surface area contributed by atoms with Crippen molar-refractivity contribution in [2.24, 2.45) is 5.92 Å². The van der Waals surface area contributed by atoms with Crippen LogP contribution in [0.5, 0.6) is 0 Å². The standard InChI is InChI=1S/C17H22N2O2S2/c1-9(2)21-17(20)11(4)22-15-14-12-6-5-10(3)7-13(12)23-16(14)19-8-18-15/h8-11H,5-7H2,1-4H3/t10-,11-/m1/s1. The summed E-state index contributed by atoms with van der Waals surface area (Å²) in [5.74, 6) is 0.550. The molecule has 0 saturated carbocycles. The molecule has 1 aliphatic carbocycles. The van der Waals surface area contributed by atoms with Crippen LogP contribution in [0, 0.1) is 5.92 Å². The number of ether oxygens (including phenoxy) is 1. The van der Waals surface area contributed by atoms with Gasteiger partial charge in [0.2, 0.25) is 0 Å². The topological polar surface area (TPSA) is 52.1 Å². The van der Waals surface area contributed by atoms with Crippen molar-refractivity contribution in [3.8, 4) is 0 Å². The fraction of sp³-hybridized carbons (Fsp3) is 0.588. The molecular formula is C17H22N2O2S2. The minimum atomic E-state index is -0.270. The van der Waals surface area contributed by atoms with Gasteiger partial charge in [-0.3, -0.25) is 4.79 Å². The molecular weight excluding hydrogens is 328 g/mol. The largest absolute Gasteiger partial charge is 0.462 e. The zero-order valence-electron chi connectivity index (χ0n) is 14.0. The summed E-state index contributed by atoms with van der Waals surface area (Å²) in [6.07, 6.45) is 4.94. The molecule has 0 unspecified atom stereocenters. The molecule has 0 fully saturated rings. The molecule has 2 heterocycles. The third-order valence-electron chi connectivity index (χ3n) is 4.03. The maximum absolute atomic E-state index is 12.1. The lowest BCUT2D eigenvalue weighted by Gasteiger charge is -2.18. The van der Waals surface area contributed by atoms with Gasteiger partial charge < -0.3 is 4.74 Å². The van der Waals surface area contributed by atoms with E-state index in [0.29, 0.717) is 0 Å². The van der Waals surface area contributed by atoms with E-state index < -0.39 is 0 Å². The Labute approximate surface area is 145 Å². The van der Waals surface area contributed by atoms with Crippen LogP contribution in [0.25, 0.3) is 10.2 Å². The Morgan fingerprint density at radius 2 is 2.17 bits per heavy atom. The van der Waals surface area contributed by atoms with Gasteiger partial charge in [-0.25, -0.2) is 9.97 Å². The molecule has 2 aromatic rings. The van der Waals surface area contributed by atoms with Crippen molar-refractivity contribution < 1.29 is 9.53 Å². The van der Waals surface area contributed by atoms with Crippen LogP contribution in [0.4, 0.5) is 0 Å². The number of esters is 1. The van der Waals surface area contributed by atoms with Gasteiger partial charge in [0, 0.05) is 10.3 Å². The molecule has 0 spiro atoms. The molecule has 0 saturated heterocycles. The van der Waals surface area contributed by atoms with Crippen molar-refractivity contribution in [3.05, 3.63) is 16.8 Å². The van der Waals surface area contributed by atoms with E-state index in [4.69, 9.17) is 4.74 Å². The van der Waals surface area contributed by atoms with Crippen LogP contribution < -0.4 is 0 Å². The van der Waals surface area contributed by atoms with Crippen molar-refractivity contribution >= 4 is 39.3 Å². The lowest BCUT2D eigenvalue weighted by Crippen LogP contribution is -2.20. The summed E-state index contributed by atoms with van der Waals surface area (Å²) >= 11 is 3.27. The third-order valence-corrected chi connectivity index (χ3v) is 6.27. The summed E-state index contributed by atoms with van der Waals surface area (Å²) in [6, 6.07) is 0. The molecule has 0 amide bonds. The highest BCUT2D eigenvalue weighted by Gasteiger charge is 2.25. The van der Waals surface area contributed by atoms with Crippen LogP contribution in [-0.4, -0.2) is 27.3 Å². The van der Waals surface area contributed by atoms with Crippen molar-refractivity contribution in [2.45, 2.75) is 63.3 Å². The second-order valence-corrected chi connectivity index (χ2v) is 8.87. The summed E-state index contributed by atoms with van der Waals surface area (Å²) in [5, 5.41) is 1.80. The second-order valence-electron chi connectivity index (χ2n) is 6.46. The molecule has 6 heteroatoms. The molecule has 0 aliphatic heterocycles. The van der Waals surface area contributed by atoms with Gasteiger partial charge in [-0.2, -0.15) is 0 Å². The van der Waals surface area contributed by atoms with Crippen molar-refractivity contribution in [1.82, 2.24) is 9.97 Å². The van der Waals surface area contributed by atoms with Crippen molar-refractivity contribution in [1.29, 1.82) is 0 Å². The molecule has 0 N–H and O–H groups in total. The molecule has 2 aromatic heterocycles. The van der Waals surface area contributed by atoms with Crippen LogP contribution >= 0.6 is 23.1 Å². The average molecular weight is 351 g/mol. The Hall–Kier alpha value is -1.14. The van der Waals surface area contributed by atoms with E-state index >= 15 is 0 Å². The lowest BCUT2D eigenvalue weighted by molar-refractivity contribution is -0.146. The predicted molar refractivity (Wildman–Crippen MR) is 95.2 cm³/mol. The number of carbonyl (C=O) groups is 1. The highest BCUT2D eigenvalue weighted by atomic mass is 32.2. The minimum absolute atomic E-state index is 0.0913. The summed E-state index contributed by atoms with van der Waals surface area (Å²) in [5.41, 5.74) is 1.40. The zero-order valence-corrected chi connectivity index (χ0v) is 15.6. The van der Waals surface area contributed by atoms with Crippen LogP contribution in [0.3, 0.4) is 0 Å². The number of rotatable bonds is 4. The van der Waals surface area contributed by atoms with Gasteiger partial charge in [0.05, 0.1) is 6.10 Å². The van der Waals surface area contributed by atoms with Crippen LogP contribution in [0.2, 0.25) is 0 Å². The van der Waals surface area contributed by atoms with E-state index in [9.17, 15) is 4.79 Å². The Bertz CT molecular complexity index is 727. The first kappa shape index (κ1) is 16.7. The Kier molecular flexibility index (Phi) is 4.92. The molecule has 23 heavy (non-hydrogen) atoms. The van der Waals surface area contributed by atoms with Crippen LogP contribution in [0.15, 0.2) is 11.4 Å². The first-order valence-corrected chi connectivity index (χ1v) is 9.77. The maximum atomic E-state index is 12.1. The van der Waals surface area contributed by atoms with Crippen molar-refractivity contribution in [3.63, 3.8) is 0 Å². The number of aromatic nitrogens is 2. The van der Waals surface area contributed by atoms with Gasteiger partial charge in [0.15, 0.2) is 0 Å². The van der Waals surface area contributed by atoms with Gasteiger partial charge in [-0.1, -0.05) is 18.7 Å². The fourth-order valence-corrected chi connectivity index (χ4v) is 5.23. The van der Waals surface area contributed by atoms with Gasteiger partial charge in [0.25, 0.3) is 0 Å². The summed E-state index contributed by atoms with van der Waals surface area (Å²) in [6.45, 7) is 7.92. The molecule has 0 bridgehead atoms. The van der Waals surface area contributed by atoms with Crippen LogP contribution in [-0.2, 0) is 22.4 Å². The normalized spacial score (nSPS) is 18.9. The molecule has 124 valence electrons. The van der Waals surface area contributed by atoms with Gasteiger partial charge >= 0.3 is 5.97 Å². The first-order chi connectivity index (χ1) is 11.0. The number of fused-ring (bicyclic) bond motifs is 3.